The minimum atomic E-state index is -4.18. The predicted molar refractivity (Wildman–Crippen MR) is 167 cm³/mol. The van der Waals surface area contributed by atoms with Crippen molar-refractivity contribution < 1.29 is 32.5 Å². The predicted octanol–water partition coefficient (Wildman–Crippen LogP) is 4.78. The molecule has 248 valence electrons. The van der Waals surface area contributed by atoms with Gasteiger partial charge in [-0.2, -0.15) is 13.9 Å². The summed E-state index contributed by atoms with van der Waals surface area (Å²) < 4.78 is 68.6. The van der Waals surface area contributed by atoms with E-state index in [-0.39, 0.29) is 12.6 Å². The van der Waals surface area contributed by atoms with Crippen LogP contribution in [0.3, 0.4) is 0 Å². The summed E-state index contributed by atoms with van der Waals surface area (Å²) in [6.07, 6.45) is 5.54. The number of hydrogen-bond donors (Lipinski definition) is 2. The molecule has 0 aliphatic rings. The number of alkyl halides is 2. The van der Waals surface area contributed by atoms with Crippen molar-refractivity contribution in [2.24, 2.45) is 0 Å². The molecule has 0 bridgehead atoms. The Morgan fingerprint density at radius 2 is 1.67 bits per heavy atom. The number of ether oxygens (including phenoxy) is 1. The van der Waals surface area contributed by atoms with Crippen molar-refractivity contribution in [3.05, 3.63) is 155 Å². The molecule has 49 heavy (non-hydrogen) atoms. The van der Waals surface area contributed by atoms with E-state index in [1.165, 1.54) is 6.07 Å². The Labute approximate surface area is 277 Å². The maximum Gasteiger partial charge on any atom is 0.323 e. The van der Waals surface area contributed by atoms with E-state index in [1.54, 1.807) is 47.4 Å². The second-order valence-electron chi connectivity index (χ2n) is 11.0. The summed E-state index contributed by atoms with van der Waals surface area (Å²) in [6, 6.07) is 20.4. The van der Waals surface area contributed by atoms with E-state index in [9.17, 15) is 19.0 Å². The van der Waals surface area contributed by atoms with Crippen LogP contribution in [0.2, 0.25) is 0 Å². The molecule has 0 saturated carbocycles. The fourth-order valence-corrected chi connectivity index (χ4v) is 5.12. The number of aromatic nitrogens is 7. The third-order valence-electron chi connectivity index (χ3n) is 7.76. The number of pyridine rings is 1. The lowest BCUT2D eigenvalue weighted by molar-refractivity contribution is -0.207. The van der Waals surface area contributed by atoms with Gasteiger partial charge in [-0.3, -0.25) is 9.67 Å². The zero-order chi connectivity index (χ0) is 34.4. The molecule has 0 spiro atoms. The maximum atomic E-state index is 16.0. The largest absolute Gasteiger partial charge is 0.489 e. The van der Waals surface area contributed by atoms with Gasteiger partial charge in [0.2, 0.25) is 0 Å². The van der Waals surface area contributed by atoms with Gasteiger partial charge in [0, 0.05) is 41.3 Å². The number of nitrogens with zero attached hydrogens (tertiary/aromatic N) is 7. The van der Waals surface area contributed by atoms with E-state index < -0.39 is 41.0 Å². The molecule has 6 aromatic rings. The molecular weight excluding hydrogens is 642 g/mol. The molecule has 0 aliphatic carbocycles. The average Bonchev–Trinajstić information content (AvgIpc) is 3.83. The van der Waals surface area contributed by atoms with Gasteiger partial charge in [-0.25, -0.2) is 13.5 Å². The molecule has 3 aromatic heterocycles. The highest BCUT2D eigenvalue weighted by Crippen LogP contribution is 2.46. The molecule has 0 amide bonds. The van der Waals surface area contributed by atoms with Gasteiger partial charge >= 0.3 is 5.92 Å². The Hall–Kier alpha value is -5.91. The molecule has 10 nitrogen and oxygen atoms in total. The zero-order valence-corrected chi connectivity index (χ0v) is 25.5. The van der Waals surface area contributed by atoms with Crippen molar-refractivity contribution in [2.75, 3.05) is 6.61 Å². The lowest BCUT2D eigenvalue weighted by Crippen LogP contribution is -2.48. The van der Waals surface area contributed by atoms with Gasteiger partial charge in [0.15, 0.2) is 5.60 Å². The van der Waals surface area contributed by atoms with Gasteiger partial charge in [0.1, 0.15) is 36.0 Å². The molecule has 6 rings (SSSR count). The summed E-state index contributed by atoms with van der Waals surface area (Å²) >= 11 is 0. The minimum absolute atomic E-state index is 0.0834. The van der Waals surface area contributed by atoms with Crippen LogP contribution in [0.25, 0.3) is 0 Å². The summed E-state index contributed by atoms with van der Waals surface area (Å²) in [4.78, 5) is 3.82. The lowest BCUT2D eigenvalue weighted by atomic mass is 9.84. The molecule has 3 heterocycles. The van der Waals surface area contributed by atoms with E-state index in [4.69, 9.17) is 4.74 Å². The van der Waals surface area contributed by atoms with Crippen LogP contribution < -0.4 is 4.74 Å². The highest BCUT2D eigenvalue weighted by Gasteiger charge is 2.58. The smallest absolute Gasteiger partial charge is 0.323 e. The molecule has 0 aliphatic heterocycles. The number of aliphatic hydroxyl groups excluding tert-OH is 1. The van der Waals surface area contributed by atoms with Crippen LogP contribution in [0.15, 0.2) is 110 Å². The van der Waals surface area contributed by atoms with Crippen LogP contribution in [-0.2, 0) is 24.7 Å². The molecule has 14 heteroatoms. The summed E-state index contributed by atoms with van der Waals surface area (Å²) in [5.74, 6) is -0.157. The standard InChI is InChI=1S/C35H27F4N7O3/c36-28-11-14-30(31(37)18-28)34(48,22-45-23-41-43-44-45)35(38,39)33-15-8-25(19-40-33)3-2-24-6-12-29(13-7-24)49-21-26-4-9-27(10-5-26)32(20-47)46-17-1-16-42-46/h1,4-19,23,32,47-48H,20-22H2. The van der Waals surface area contributed by atoms with Gasteiger partial charge in [0.05, 0.1) is 19.2 Å². The first-order valence-corrected chi connectivity index (χ1v) is 14.8. The Morgan fingerprint density at radius 3 is 2.31 bits per heavy atom. The topological polar surface area (TPSA) is 124 Å². The van der Waals surface area contributed by atoms with Gasteiger partial charge in [-0.05, 0) is 76.2 Å². The average molecular weight is 670 g/mol. The highest BCUT2D eigenvalue weighted by atomic mass is 19.3. The molecule has 2 N–H and O–H groups in total. The quantitative estimate of drug-likeness (QED) is 0.149. The first-order valence-electron chi connectivity index (χ1n) is 14.8. The monoisotopic (exact) mass is 669 g/mol. The molecule has 0 fully saturated rings. The van der Waals surface area contributed by atoms with E-state index in [0.717, 1.165) is 46.5 Å². The molecule has 0 saturated heterocycles. The van der Waals surface area contributed by atoms with Crippen molar-refractivity contribution in [3.63, 3.8) is 0 Å². The summed E-state index contributed by atoms with van der Waals surface area (Å²) in [5, 5.41) is 35.5. The van der Waals surface area contributed by atoms with E-state index >= 15 is 8.78 Å². The van der Waals surface area contributed by atoms with Crippen molar-refractivity contribution in [2.45, 2.75) is 30.7 Å². The van der Waals surface area contributed by atoms with Gasteiger partial charge in [-0.15, -0.1) is 5.10 Å². The van der Waals surface area contributed by atoms with Crippen molar-refractivity contribution in [1.29, 1.82) is 0 Å². The number of aliphatic hydroxyl groups is 2. The van der Waals surface area contributed by atoms with E-state index in [1.807, 2.05) is 24.3 Å². The van der Waals surface area contributed by atoms with Gasteiger partial charge < -0.3 is 14.9 Å². The summed E-state index contributed by atoms with van der Waals surface area (Å²) in [7, 11) is 0. The van der Waals surface area contributed by atoms with Crippen LogP contribution in [0.1, 0.15) is 39.6 Å². The number of rotatable bonds is 11. The second-order valence-corrected chi connectivity index (χ2v) is 11.0. The van der Waals surface area contributed by atoms with Crippen LogP contribution in [-0.4, -0.2) is 51.8 Å². The summed E-state index contributed by atoms with van der Waals surface area (Å²) in [5.41, 5.74) is -2.19. The number of tetrazole rings is 1. The van der Waals surface area contributed by atoms with Crippen molar-refractivity contribution in [3.8, 4) is 17.6 Å². The lowest BCUT2D eigenvalue weighted by Gasteiger charge is -2.35. The number of halogens is 4. The minimum Gasteiger partial charge on any atom is -0.489 e. The number of benzene rings is 3. The zero-order valence-electron chi connectivity index (χ0n) is 25.5. The SMILES string of the molecule is OCC(c1ccc(COc2ccc(C#Cc3ccc(C(F)(F)C(O)(Cn4cnnn4)c4ccc(F)cc4F)nc3)cc2)cc1)n1cccn1. The first kappa shape index (κ1) is 33.0. The Morgan fingerprint density at radius 1 is 0.918 bits per heavy atom. The summed E-state index contributed by atoms with van der Waals surface area (Å²) in [6.45, 7) is -0.722. The fraction of sp³-hybridized carbons (Fsp3) is 0.171. The first-order chi connectivity index (χ1) is 23.7. The van der Waals surface area contributed by atoms with Gasteiger partial charge in [-0.1, -0.05) is 36.1 Å². The molecule has 0 radical (unpaired) electrons. The van der Waals surface area contributed by atoms with Gasteiger partial charge in [0.25, 0.3) is 0 Å². The molecular formula is C35H27F4N7O3. The van der Waals surface area contributed by atoms with Crippen LogP contribution in [0.4, 0.5) is 17.6 Å². The maximum absolute atomic E-state index is 16.0. The van der Waals surface area contributed by atoms with Crippen LogP contribution in [0.5, 0.6) is 5.75 Å². The highest BCUT2D eigenvalue weighted by molar-refractivity contribution is 5.44. The van der Waals surface area contributed by atoms with Crippen molar-refractivity contribution in [1.82, 2.24) is 35.0 Å². The number of hydrogen-bond acceptors (Lipinski definition) is 8. The van der Waals surface area contributed by atoms with Crippen LogP contribution in [0, 0.1) is 23.5 Å². The Bertz CT molecular complexity index is 2050. The van der Waals surface area contributed by atoms with E-state index in [2.05, 4.69) is 37.4 Å². The van der Waals surface area contributed by atoms with Crippen molar-refractivity contribution >= 4 is 0 Å². The molecule has 2 atom stereocenters. The normalized spacial score (nSPS) is 13.3. The Kier molecular flexibility index (Phi) is 9.47. The Balaban J connectivity index is 1.11. The second kappa shape index (κ2) is 14.1. The third-order valence-corrected chi connectivity index (χ3v) is 7.76. The third kappa shape index (κ3) is 7.18. The molecule has 2 unspecified atom stereocenters. The van der Waals surface area contributed by atoms with Crippen LogP contribution >= 0.6 is 0 Å². The fourth-order valence-electron chi connectivity index (χ4n) is 5.12. The van der Waals surface area contributed by atoms with E-state index in [0.29, 0.717) is 29.5 Å². The molecule has 3 aromatic carbocycles.